The van der Waals surface area contributed by atoms with Gasteiger partial charge in [-0.25, -0.2) is 9.97 Å². The minimum Gasteiger partial charge on any atom is -0.469 e. The van der Waals surface area contributed by atoms with Gasteiger partial charge in [-0.05, 0) is 74.9 Å². The van der Waals surface area contributed by atoms with Crippen LogP contribution in [0.4, 0.5) is 0 Å². The molecule has 5 heterocycles. The zero-order valence-corrected chi connectivity index (χ0v) is 26.1. The van der Waals surface area contributed by atoms with Gasteiger partial charge in [0.2, 0.25) is 11.6 Å². The third-order valence-electron chi connectivity index (χ3n) is 8.43. The predicted molar refractivity (Wildman–Crippen MR) is 171 cm³/mol. The number of fused-ring (bicyclic) bond motifs is 8. The molecule has 3 aliphatic rings. The highest BCUT2D eigenvalue weighted by Gasteiger charge is 2.28. The van der Waals surface area contributed by atoms with Crippen molar-refractivity contribution in [1.82, 2.24) is 15.0 Å². The number of aryl methyl sites for hydroxylation is 2. The maximum atomic E-state index is 12.1. The number of nitrogens with zero attached hydrogens (tertiary/aromatic N) is 2. The summed E-state index contributed by atoms with van der Waals surface area (Å²) in [5.74, 6) is 0.413. The molecule has 2 aromatic rings. The second-order valence-corrected chi connectivity index (χ2v) is 10.9. The molecule has 0 amide bonds. The van der Waals surface area contributed by atoms with Crippen molar-refractivity contribution in [3.8, 4) is 0 Å². The molecule has 0 saturated heterocycles. The SMILES string of the molecule is C=CC1=C(C)c2nc1cc1[nH]c(cc3nc(cc4[nH+]c(o2)C(C=C)=C4C)C(C)=C3CCC(=O)OC)c(CCC(=O)OC)c1C. The lowest BCUT2D eigenvalue weighted by Gasteiger charge is -2.04. The van der Waals surface area contributed by atoms with E-state index in [9.17, 15) is 9.59 Å². The van der Waals surface area contributed by atoms with E-state index in [-0.39, 0.29) is 24.8 Å². The molecule has 2 N–H and O–H groups in total. The lowest BCUT2D eigenvalue weighted by atomic mass is 10.00. The predicted octanol–water partition coefficient (Wildman–Crippen LogP) is 6.65. The number of carbonyl (C=O) groups excluding carboxylic acids is 2. The van der Waals surface area contributed by atoms with Crippen LogP contribution in [0.25, 0.3) is 44.5 Å². The average molecular weight is 594 g/mol. The van der Waals surface area contributed by atoms with Gasteiger partial charge in [0.05, 0.1) is 36.9 Å². The number of rotatable bonds is 8. The summed E-state index contributed by atoms with van der Waals surface area (Å²) in [7, 11) is 2.78. The van der Waals surface area contributed by atoms with Crippen molar-refractivity contribution in [2.45, 2.75) is 53.4 Å². The second kappa shape index (κ2) is 12.3. The number of methoxy groups -OCH3 is 2. The van der Waals surface area contributed by atoms with E-state index in [1.807, 2.05) is 45.9 Å². The molecule has 0 radical (unpaired) electrons. The molecule has 3 aliphatic heterocycles. The standard InChI is InChI=1S/C35H36N4O5/c1-9-22-21(6)34-39-29(22)16-27-20(5)25(12-14-33(41)43-8)31(37-27)17-30-24(11-13-32(40)42-7)19(4)26(36-30)15-28-18(3)23(10-2)35(38-28)44-34/h9-10,15-17,37H,1-2,11-14H2,3-8H3/p+1. The van der Waals surface area contributed by atoms with Crippen molar-refractivity contribution < 1.29 is 28.5 Å². The molecule has 9 heteroatoms. The van der Waals surface area contributed by atoms with Crippen LogP contribution in [-0.4, -0.2) is 41.1 Å². The molecule has 0 atom stereocenters. The molecule has 5 rings (SSSR count). The number of H-pyrrole nitrogens is 2. The van der Waals surface area contributed by atoms with E-state index in [1.54, 1.807) is 12.2 Å². The van der Waals surface area contributed by atoms with E-state index in [2.05, 4.69) is 23.1 Å². The highest BCUT2D eigenvalue weighted by Crippen LogP contribution is 2.37. The Labute approximate surface area is 256 Å². The van der Waals surface area contributed by atoms with Crippen LogP contribution in [0.3, 0.4) is 0 Å². The van der Waals surface area contributed by atoms with Crippen molar-refractivity contribution in [2.24, 2.45) is 0 Å². The largest absolute Gasteiger partial charge is 0.469 e. The van der Waals surface area contributed by atoms with Crippen LogP contribution in [-0.2, 0) is 25.5 Å². The molecule has 0 spiro atoms. The van der Waals surface area contributed by atoms with Gasteiger partial charge in [0.15, 0.2) is 0 Å². The molecular formula is C35H37N4O5+. The number of carbonyl (C=O) groups is 2. The third kappa shape index (κ3) is 5.53. The van der Waals surface area contributed by atoms with E-state index in [4.69, 9.17) is 23.9 Å². The Morgan fingerprint density at radius 2 is 1.50 bits per heavy atom. The van der Waals surface area contributed by atoms with Crippen LogP contribution in [0.15, 0.2) is 47.9 Å². The Balaban J connectivity index is 1.88. The summed E-state index contributed by atoms with van der Waals surface area (Å²) >= 11 is 0. The third-order valence-corrected chi connectivity index (χ3v) is 8.43. The molecule has 9 nitrogen and oxygen atoms in total. The number of ether oxygens (including phenoxy) is 2. The minimum atomic E-state index is -0.292. The number of aromatic nitrogens is 4. The topological polar surface area (TPSA) is 121 Å². The molecule has 0 unspecified atom stereocenters. The zero-order valence-electron chi connectivity index (χ0n) is 26.1. The summed E-state index contributed by atoms with van der Waals surface area (Å²) in [5, 5.41) is 0. The fourth-order valence-corrected chi connectivity index (χ4v) is 5.73. The molecule has 0 aliphatic carbocycles. The fraction of sp³-hybridized carbons (Fsp3) is 0.286. The number of hydrogen-bond donors (Lipinski definition) is 1. The summed E-state index contributed by atoms with van der Waals surface area (Å²) in [6, 6.07) is 5.95. The molecule has 2 aromatic heterocycles. The van der Waals surface area contributed by atoms with Crippen LogP contribution < -0.4 is 4.98 Å². The normalized spacial score (nSPS) is 13.7. The maximum absolute atomic E-state index is 12.1. The summed E-state index contributed by atoms with van der Waals surface area (Å²) in [4.78, 5) is 41.1. The van der Waals surface area contributed by atoms with E-state index in [0.717, 1.165) is 72.7 Å². The highest BCUT2D eigenvalue weighted by atomic mass is 16.5. The number of nitrogens with one attached hydrogen (secondary N) is 2. The van der Waals surface area contributed by atoms with E-state index in [1.165, 1.54) is 14.2 Å². The molecule has 44 heavy (non-hydrogen) atoms. The molecule has 0 saturated carbocycles. The maximum Gasteiger partial charge on any atom is 0.381 e. The average Bonchev–Trinajstić information content (AvgIpc) is 3.67. The Morgan fingerprint density at radius 1 is 0.841 bits per heavy atom. The fourth-order valence-electron chi connectivity index (χ4n) is 5.73. The first-order valence-corrected chi connectivity index (χ1v) is 14.5. The molecule has 0 aromatic carbocycles. The Morgan fingerprint density at radius 3 is 2.16 bits per heavy atom. The van der Waals surface area contributed by atoms with Crippen molar-refractivity contribution >= 4 is 56.4 Å². The lowest BCUT2D eigenvalue weighted by molar-refractivity contribution is -0.398. The van der Waals surface area contributed by atoms with Crippen molar-refractivity contribution in [3.63, 3.8) is 0 Å². The molecular weight excluding hydrogens is 556 g/mol. The first-order chi connectivity index (χ1) is 21.1. The van der Waals surface area contributed by atoms with Crippen molar-refractivity contribution in [1.29, 1.82) is 0 Å². The van der Waals surface area contributed by atoms with Gasteiger partial charge in [0.1, 0.15) is 0 Å². The smallest absolute Gasteiger partial charge is 0.381 e. The molecule has 0 fully saturated rings. The van der Waals surface area contributed by atoms with Gasteiger partial charge < -0.3 is 18.9 Å². The van der Waals surface area contributed by atoms with Gasteiger partial charge in [-0.1, -0.05) is 25.3 Å². The first-order valence-electron chi connectivity index (χ1n) is 14.5. The first kappa shape index (κ1) is 30.4. The van der Waals surface area contributed by atoms with Crippen molar-refractivity contribution in [2.75, 3.05) is 14.2 Å². The van der Waals surface area contributed by atoms with Gasteiger partial charge in [-0.2, -0.15) is 4.98 Å². The number of esters is 2. The molecule has 226 valence electrons. The highest BCUT2D eigenvalue weighted by molar-refractivity contribution is 5.97. The number of hydrogen-bond acceptors (Lipinski definition) is 7. The van der Waals surface area contributed by atoms with Crippen LogP contribution >= 0.6 is 0 Å². The summed E-state index contributed by atoms with van der Waals surface area (Å²) < 4.78 is 16.3. The number of aromatic amines is 2. The van der Waals surface area contributed by atoms with Crippen LogP contribution in [0, 0.1) is 6.92 Å². The Kier molecular flexibility index (Phi) is 8.49. The minimum absolute atomic E-state index is 0.218. The summed E-state index contributed by atoms with van der Waals surface area (Å²) in [6.45, 7) is 16.0. The van der Waals surface area contributed by atoms with Gasteiger partial charge in [0, 0.05) is 46.7 Å². The zero-order chi connectivity index (χ0) is 31.7. The van der Waals surface area contributed by atoms with Gasteiger partial charge in [0.25, 0.3) is 0 Å². The van der Waals surface area contributed by atoms with Crippen LogP contribution in [0.1, 0.15) is 85.7 Å². The Bertz CT molecular complexity index is 1900. The summed E-state index contributed by atoms with van der Waals surface area (Å²) in [5.41, 5.74) is 12.0. The van der Waals surface area contributed by atoms with Crippen molar-refractivity contribution in [3.05, 3.63) is 89.2 Å². The molecule has 8 bridgehead atoms. The van der Waals surface area contributed by atoms with E-state index in [0.29, 0.717) is 30.3 Å². The van der Waals surface area contributed by atoms with Gasteiger partial charge in [-0.3, -0.25) is 9.59 Å². The Hall–Kier alpha value is -5.05. The second-order valence-electron chi connectivity index (χ2n) is 10.9. The van der Waals surface area contributed by atoms with Crippen LogP contribution in [0.5, 0.6) is 0 Å². The van der Waals surface area contributed by atoms with Crippen LogP contribution in [0.2, 0.25) is 0 Å². The monoisotopic (exact) mass is 593 g/mol. The van der Waals surface area contributed by atoms with E-state index >= 15 is 0 Å². The lowest BCUT2D eigenvalue weighted by Crippen LogP contribution is -2.07. The van der Waals surface area contributed by atoms with E-state index < -0.39 is 0 Å². The van der Waals surface area contributed by atoms with Gasteiger partial charge in [-0.15, -0.1) is 0 Å². The number of allylic oxidation sites excluding steroid dienone is 8. The van der Waals surface area contributed by atoms with Gasteiger partial charge >= 0.3 is 17.8 Å². The summed E-state index contributed by atoms with van der Waals surface area (Å²) in [6.07, 6.45) is 4.90. The quantitative estimate of drug-likeness (QED) is 0.340.